The van der Waals surface area contributed by atoms with Crippen LogP contribution in [0.4, 0.5) is 0 Å². The van der Waals surface area contributed by atoms with E-state index in [1.54, 1.807) is 0 Å². The molecular formula is C15H26O. The maximum absolute atomic E-state index is 6.49. The maximum Gasteiger partial charge on any atom is 0.0690 e. The molecule has 0 amide bonds. The molecule has 0 spiro atoms. The number of hydrogen-bond donors (Lipinski definition) is 0. The number of rotatable bonds is 1. The third kappa shape index (κ3) is 1.33. The highest BCUT2D eigenvalue weighted by Crippen LogP contribution is 2.60. The lowest BCUT2D eigenvalue weighted by molar-refractivity contribution is -0.0524. The van der Waals surface area contributed by atoms with Crippen molar-refractivity contribution in [2.24, 2.45) is 29.6 Å². The molecule has 1 aliphatic heterocycles. The fourth-order valence-corrected chi connectivity index (χ4v) is 4.92. The van der Waals surface area contributed by atoms with E-state index in [0.717, 1.165) is 29.6 Å². The van der Waals surface area contributed by atoms with Crippen LogP contribution in [0.5, 0.6) is 0 Å². The van der Waals surface area contributed by atoms with Gasteiger partial charge in [-0.3, -0.25) is 0 Å². The second-order valence-corrected chi connectivity index (χ2v) is 7.08. The van der Waals surface area contributed by atoms with E-state index in [2.05, 4.69) is 27.7 Å². The lowest BCUT2D eigenvalue weighted by atomic mass is 9.57. The molecule has 4 bridgehead atoms. The zero-order valence-electron chi connectivity index (χ0n) is 11.2. The Balaban J connectivity index is 1.94. The van der Waals surface area contributed by atoms with Gasteiger partial charge in [0.2, 0.25) is 0 Å². The van der Waals surface area contributed by atoms with E-state index < -0.39 is 0 Å². The Hall–Kier alpha value is -0.0400. The molecule has 3 rings (SSSR count). The minimum absolute atomic E-state index is 0.242. The Bertz CT molecular complexity index is 285. The van der Waals surface area contributed by atoms with Crippen LogP contribution in [0.3, 0.4) is 0 Å². The summed E-state index contributed by atoms with van der Waals surface area (Å²) in [7, 11) is 0. The average molecular weight is 222 g/mol. The predicted molar refractivity (Wildman–Crippen MR) is 66.2 cm³/mol. The smallest absolute Gasteiger partial charge is 0.0690 e. The van der Waals surface area contributed by atoms with E-state index in [4.69, 9.17) is 4.74 Å². The summed E-state index contributed by atoms with van der Waals surface area (Å²) in [6.45, 7) is 9.61. The van der Waals surface area contributed by atoms with E-state index in [-0.39, 0.29) is 5.60 Å². The molecule has 0 N–H and O–H groups in total. The molecule has 3 aliphatic rings. The van der Waals surface area contributed by atoms with Gasteiger partial charge in [-0.05, 0) is 62.2 Å². The van der Waals surface area contributed by atoms with E-state index in [1.807, 2.05) is 0 Å². The third-order valence-electron chi connectivity index (χ3n) is 5.85. The molecule has 0 radical (unpaired) electrons. The zero-order valence-corrected chi connectivity index (χ0v) is 11.2. The molecule has 1 saturated heterocycles. The Morgan fingerprint density at radius 2 is 1.94 bits per heavy atom. The van der Waals surface area contributed by atoms with Crippen molar-refractivity contribution in [3.05, 3.63) is 0 Å². The van der Waals surface area contributed by atoms with Crippen LogP contribution in [0.15, 0.2) is 0 Å². The molecule has 2 saturated carbocycles. The van der Waals surface area contributed by atoms with Gasteiger partial charge >= 0.3 is 0 Å². The van der Waals surface area contributed by atoms with Crippen LogP contribution in [0.1, 0.15) is 53.4 Å². The van der Waals surface area contributed by atoms with Gasteiger partial charge in [0.05, 0.1) is 11.7 Å². The van der Waals surface area contributed by atoms with Crippen molar-refractivity contribution in [1.29, 1.82) is 0 Å². The van der Waals surface area contributed by atoms with Crippen molar-refractivity contribution < 1.29 is 4.74 Å². The van der Waals surface area contributed by atoms with Gasteiger partial charge in [-0.2, -0.15) is 0 Å². The fourth-order valence-electron chi connectivity index (χ4n) is 4.92. The van der Waals surface area contributed by atoms with Crippen molar-refractivity contribution in [2.45, 2.75) is 65.1 Å². The molecule has 16 heavy (non-hydrogen) atoms. The van der Waals surface area contributed by atoms with Crippen LogP contribution in [0.2, 0.25) is 0 Å². The third-order valence-corrected chi connectivity index (χ3v) is 5.85. The van der Waals surface area contributed by atoms with Gasteiger partial charge in [-0.1, -0.05) is 20.8 Å². The van der Waals surface area contributed by atoms with Gasteiger partial charge in [0.1, 0.15) is 0 Å². The summed E-state index contributed by atoms with van der Waals surface area (Å²) in [6, 6.07) is 0. The largest absolute Gasteiger partial charge is 0.371 e. The van der Waals surface area contributed by atoms with Crippen molar-refractivity contribution in [3.63, 3.8) is 0 Å². The van der Waals surface area contributed by atoms with Gasteiger partial charge in [0, 0.05) is 0 Å². The zero-order chi connectivity index (χ0) is 11.5. The molecule has 0 aromatic rings. The molecule has 92 valence electrons. The fraction of sp³-hybridized carbons (Fsp3) is 1.00. The van der Waals surface area contributed by atoms with Gasteiger partial charge < -0.3 is 4.74 Å². The van der Waals surface area contributed by atoms with E-state index >= 15 is 0 Å². The van der Waals surface area contributed by atoms with Crippen LogP contribution in [-0.4, -0.2) is 11.7 Å². The SMILES string of the molecule is CC(C)[C@H]1CC[C@@]2(C)O[C@@H]3[C@H]1[C@H]2CC[C@@H]3C. The van der Waals surface area contributed by atoms with Crippen LogP contribution in [-0.2, 0) is 4.74 Å². The molecule has 0 aromatic heterocycles. The summed E-state index contributed by atoms with van der Waals surface area (Å²) in [5.74, 6) is 4.31. The normalized spacial score (nSPS) is 55.7. The Kier molecular flexibility index (Phi) is 2.41. The van der Waals surface area contributed by atoms with Crippen LogP contribution in [0, 0.1) is 29.6 Å². The minimum atomic E-state index is 0.242. The van der Waals surface area contributed by atoms with Crippen LogP contribution < -0.4 is 0 Å². The molecule has 1 heteroatoms. The molecule has 1 nitrogen and oxygen atoms in total. The Morgan fingerprint density at radius 1 is 1.19 bits per heavy atom. The molecule has 1 heterocycles. The van der Waals surface area contributed by atoms with Crippen molar-refractivity contribution in [2.75, 3.05) is 0 Å². The predicted octanol–water partition coefficient (Wildman–Crippen LogP) is 3.87. The summed E-state index contributed by atoms with van der Waals surface area (Å²) < 4.78 is 6.49. The number of hydrogen-bond acceptors (Lipinski definition) is 1. The lowest BCUT2D eigenvalue weighted by Crippen LogP contribution is -2.44. The second-order valence-electron chi connectivity index (χ2n) is 7.08. The lowest BCUT2D eigenvalue weighted by Gasteiger charge is -2.45. The number of ether oxygens (including phenoxy) is 1. The topological polar surface area (TPSA) is 9.23 Å². The first kappa shape index (κ1) is 11.1. The molecule has 0 aromatic carbocycles. The Labute approximate surface area is 99.9 Å². The highest BCUT2D eigenvalue weighted by Gasteiger charge is 2.60. The van der Waals surface area contributed by atoms with Crippen molar-refractivity contribution >= 4 is 0 Å². The highest BCUT2D eigenvalue weighted by atomic mass is 16.5. The second kappa shape index (κ2) is 3.48. The summed E-state index contributed by atoms with van der Waals surface area (Å²) in [6.07, 6.45) is 6.10. The molecule has 6 atom stereocenters. The van der Waals surface area contributed by atoms with Gasteiger partial charge in [-0.25, -0.2) is 0 Å². The first-order valence-electron chi connectivity index (χ1n) is 7.21. The minimum Gasteiger partial charge on any atom is -0.371 e. The average Bonchev–Trinajstić information content (AvgIpc) is 2.33. The monoisotopic (exact) mass is 222 g/mol. The molecule has 0 unspecified atom stereocenters. The summed E-state index contributed by atoms with van der Waals surface area (Å²) in [5.41, 5.74) is 0.242. The van der Waals surface area contributed by atoms with Crippen LogP contribution in [0.25, 0.3) is 0 Å². The first-order valence-corrected chi connectivity index (χ1v) is 7.21. The van der Waals surface area contributed by atoms with Crippen molar-refractivity contribution in [1.82, 2.24) is 0 Å². The van der Waals surface area contributed by atoms with Gasteiger partial charge in [0.25, 0.3) is 0 Å². The van der Waals surface area contributed by atoms with E-state index in [1.165, 1.54) is 25.7 Å². The maximum atomic E-state index is 6.49. The summed E-state index contributed by atoms with van der Waals surface area (Å²) >= 11 is 0. The van der Waals surface area contributed by atoms with Gasteiger partial charge in [0.15, 0.2) is 0 Å². The van der Waals surface area contributed by atoms with Gasteiger partial charge in [-0.15, -0.1) is 0 Å². The standard InChI is InChI=1S/C15H26O/c1-9(2)11-7-8-15(4)12-6-5-10(3)14(16-15)13(11)12/h9-14H,5-8H2,1-4H3/t10-,11+,12+,13+,14-,15+/m0/s1. The Morgan fingerprint density at radius 3 is 2.62 bits per heavy atom. The summed E-state index contributed by atoms with van der Waals surface area (Å²) in [4.78, 5) is 0. The first-order chi connectivity index (χ1) is 7.53. The van der Waals surface area contributed by atoms with E-state index in [9.17, 15) is 0 Å². The quantitative estimate of drug-likeness (QED) is 0.654. The molecule has 3 fully saturated rings. The molecular weight excluding hydrogens is 196 g/mol. The highest BCUT2D eigenvalue weighted by molar-refractivity contribution is 5.08. The van der Waals surface area contributed by atoms with Crippen molar-refractivity contribution in [3.8, 4) is 0 Å². The van der Waals surface area contributed by atoms with E-state index in [0.29, 0.717) is 6.10 Å². The summed E-state index contributed by atoms with van der Waals surface area (Å²) in [5, 5.41) is 0. The molecule has 2 aliphatic carbocycles. The van der Waals surface area contributed by atoms with Crippen LogP contribution >= 0.6 is 0 Å².